The summed E-state index contributed by atoms with van der Waals surface area (Å²) in [6, 6.07) is 0. The maximum atomic E-state index is 9.53. The second-order valence-electron chi connectivity index (χ2n) is 3.98. The molecule has 3 atom stereocenters. The average molecular weight is 258 g/mol. The fraction of sp³-hybridized carbons (Fsp3) is 0.636. The third-order valence-electron chi connectivity index (χ3n) is 2.52. The second-order valence-corrected chi connectivity index (χ2v) is 3.98. The van der Waals surface area contributed by atoms with Gasteiger partial charge >= 0.3 is 0 Å². The van der Waals surface area contributed by atoms with Gasteiger partial charge in [-0.25, -0.2) is 0 Å². The zero-order chi connectivity index (χ0) is 13.5. The summed E-state index contributed by atoms with van der Waals surface area (Å²) in [6.07, 6.45) is -0.226. The summed E-state index contributed by atoms with van der Waals surface area (Å²) in [7, 11) is 0. The third kappa shape index (κ3) is 4.28. The first-order chi connectivity index (χ1) is 8.58. The van der Waals surface area contributed by atoms with E-state index in [1.54, 1.807) is 0 Å². The molecule has 1 unspecified atom stereocenters. The molecule has 0 radical (unpaired) electrons. The van der Waals surface area contributed by atoms with Crippen LogP contribution in [0.15, 0.2) is 12.4 Å². The van der Waals surface area contributed by atoms with Gasteiger partial charge in [0.1, 0.15) is 6.10 Å². The molecule has 1 heterocycles. The van der Waals surface area contributed by atoms with E-state index >= 15 is 0 Å². The summed E-state index contributed by atoms with van der Waals surface area (Å²) in [5, 5.41) is 45.5. The number of aromatic nitrogens is 2. The molecule has 0 aliphatic rings. The van der Waals surface area contributed by atoms with Gasteiger partial charge in [-0.05, 0) is 0 Å². The Morgan fingerprint density at radius 1 is 1.00 bits per heavy atom. The minimum Gasteiger partial charge on any atom is -0.396 e. The van der Waals surface area contributed by atoms with E-state index < -0.39 is 24.9 Å². The zero-order valence-electron chi connectivity index (χ0n) is 9.85. The lowest BCUT2D eigenvalue weighted by Crippen LogP contribution is -2.31. The van der Waals surface area contributed by atoms with E-state index in [0.717, 1.165) is 0 Å². The molecule has 0 saturated carbocycles. The minimum absolute atomic E-state index is 0.0606. The first-order valence-electron chi connectivity index (χ1n) is 5.65. The molecule has 7 heteroatoms. The maximum Gasteiger partial charge on any atom is 0.103 e. The van der Waals surface area contributed by atoms with Crippen LogP contribution in [0.1, 0.15) is 23.9 Å². The van der Waals surface area contributed by atoms with Crippen molar-refractivity contribution in [2.24, 2.45) is 0 Å². The highest BCUT2D eigenvalue weighted by Gasteiger charge is 2.17. The quantitative estimate of drug-likeness (QED) is 0.388. The van der Waals surface area contributed by atoms with Gasteiger partial charge in [0.2, 0.25) is 0 Å². The number of hydrogen-bond acceptors (Lipinski definition) is 7. The molecule has 7 nitrogen and oxygen atoms in total. The molecule has 0 aliphatic heterocycles. The topological polar surface area (TPSA) is 127 Å². The molecular formula is C11H18N2O5. The van der Waals surface area contributed by atoms with E-state index in [4.69, 9.17) is 10.2 Å². The van der Waals surface area contributed by atoms with Gasteiger partial charge in [-0.3, -0.25) is 9.97 Å². The smallest absolute Gasteiger partial charge is 0.103 e. The second kappa shape index (κ2) is 7.34. The van der Waals surface area contributed by atoms with Gasteiger partial charge in [-0.1, -0.05) is 0 Å². The molecule has 1 rings (SSSR count). The number of aliphatic hydroxyl groups excluding tert-OH is 5. The van der Waals surface area contributed by atoms with Crippen molar-refractivity contribution in [1.82, 2.24) is 9.97 Å². The van der Waals surface area contributed by atoms with Crippen molar-refractivity contribution in [3.63, 3.8) is 0 Å². The van der Waals surface area contributed by atoms with Crippen molar-refractivity contribution < 1.29 is 25.5 Å². The highest BCUT2D eigenvalue weighted by atomic mass is 16.4. The summed E-state index contributed by atoms with van der Waals surface area (Å²) in [4.78, 5) is 7.94. The zero-order valence-corrected chi connectivity index (χ0v) is 9.85. The summed E-state index contributed by atoms with van der Waals surface area (Å²) in [6.45, 7) is -0.673. The van der Waals surface area contributed by atoms with Gasteiger partial charge in [0.05, 0.1) is 36.4 Å². The van der Waals surface area contributed by atoms with Crippen LogP contribution in [0.3, 0.4) is 0 Å². The first kappa shape index (κ1) is 14.9. The number of nitrogens with zero attached hydrogens (tertiary/aromatic N) is 2. The number of hydrogen-bond donors (Lipinski definition) is 5. The first-order valence-corrected chi connectivity index (χ1v) is 5.65. The Bertz CT molecular complexity index is 346. The summed E-state index contributed by atoms with van der Waals surface area (Å²) in [5.41, 5.74) is 0.778. The van der Waals surface area contributed by atoms with E-state index in [0.29, 0.717) is 11.4 Å². The Kier molecular flexibility index (Phi) is 6.10. The van der Waals surface area contributed by atoms with Crippen molar-refractivity contribution in [3.05, 3.63) is 23.8 Å². The highest BCUT2D eigenvalue weighted by Crippen LogP contribution is 2.12. The lowest BCUT2D eigenvalue weighted by molar-refractivity contribution is -0.0137. The predicted molar refractivity (Wildman–Crippen MR) is 61.5 cm³/mol. The molecule has 5 N–H and O–H groups in total. The lowest BCUT2D eigenvalue weighted by Gasteiger charge is -2.15. The van der Waals surface area contributed by atoms with E-state index in [-0.39, 0.29) is 19.4 Å². The molecule has 0 fully saturated rings. The Morgan fingerprint density at radius 3 is 2.22 bits per heavy atom. The monoisotopic (exact) mass is 258 g/mol. The maximum absolute atomic E-state index is 9.53. The Balaban J connectivity index is 2.60. The lowest BCUT2D eigenvalue weighted by atomic mass is 10.1. The number of aliphatic hydroxyl groups is 5. The van der Waals surface area contributed by atoms with Crippen LogP contribution < -0.4 is 0 Å². The Hall–Kier alpha value is -1.12. The summed E-state index contributed by atoms with van der Waals surface area (Å²) >= 11 is 0. The molecule has 0 amide bonds. The highest BCUT2D eigenvalue weighted by molar-refractivity contribution is 5.06. The largest absolute Gasteiger partial charge is 0.396 e. The van der Waals surface area contributed by atoms with Gasteiger partial charge in [-0.15, -0.1) is 0 Å². The molecule has 18 heavy (non-hydrogen) atoms. The molecular weight excluding hydrogens is 240 g/mol. The normalized spacial score (nSPS) is 16.3. The van der Waals surface area contributed by atoms with Crippen LogP contribution in [-0.2, 0) is 6.42 Å². The van der Waals surface area contributed by atoms with E-state index in [1.165, 1.54) is 12.4 Å². The SMILES string of the molecule is OCCC(O)c1cnc(C[C@H](O)[C@H](O)CO)cn1. The van der Waals surface area contributed by atoms with Gasteiger partial charge in [-0.2, -0.15) is 0 Å². The van der Waals surface area contributed by atoms with Crippen molar-refractivity contribution in [3.8, 4) is 0 Å². The van der Waals surface area contributed by atoms with Crippen LogP contribution in [0.4, 0.5) is 0 Å². The van der Waals surface area contributed by atoms with Crippen LogP contribution in [0.25, 0.3) is 0 Å². The Morgan fingerprint density at radius 2 is 1.72 bits per heavy atom. The summed E-state index contributed by atoms with van der Waals surface area (Å²) in [5.74, 6) is 0. The van der Waals surface area contributed by atoms with Crippen molar-refractivity contribution in [2.75, 3.05) is 13.2 Å². The van der Waals surface area contributed by atoms with Crippen LogP contribution in [0, 0.1) is 0 Å². The molecule has 0 saturated heterocycles. The fourth-order valence-electron chi connectivity index (χ4n) is 1.38. The van der Waals surface area contributed by atoms with Crippen LogP contribution in [-0.4, -0.2) is 60.9 Å². The molecule has 1 aromatic rings. The Labute approximate surface area is 104 Å². The van der Waals surface area contributed by atoms with Gasteiger partial charge in [0.25, 0.3) is 0 Å². The molecule has 102 valence electrons. The van der Waals surface area contributed by atoms with E-state index in [2.05, 4.69) is 9.97 Å². The number of rotatable bonds is 7. The van der Waals surface area contributed by atoms with Gasteiger partial charge in [0.15, 0.2) is 0 Å². The predicted octanol–water partition coefficient (Wildman–Crippen LogP) is -1.85. The standard InChI is InChI=1S/C11H18N2O5/c14-2-1-9(16)8-5-12-7(4-13-8)3-10(17)11(18)6-15/h4-5,9-11,14-18H,1-3,6H2/t9?,10-,11+/m0/s1. The van der Waals surface area contributed by atoms with Crippen molar-refractivity contribution in [1.29, 1.82) is 0 Å². The average Bonchev–Trinajstić information content (AvgIpc) is 2.38. The van der Waals surface area contributed by atoms with Gasteiger partial charge in [0, 0.05) is 25.6 Å². The van der Waals surface area contributed by atoms with Crippen LogP contribution in [0.2, 0.25) is 0 Å². The van der Waals surface area contributed by atoms with Crippen molar-refractivity contribution in [2.45, 2.75) is 31.2 Å². The van der Waals surface area contributed by atoms with Crippen LogP contribution >= 0.6 is 0 Å². The van der Waals surface area contributed by atoms with Crippen molar-refractivity contribution >= 4 is 0 Å². The molecule has 0 aliphatic carbocycles. The van der Waals surface area contributed by atoms with E-state index in [9.17, 15) is 15.3 Å². The van der Waals surface area contributed by atoms with Crippen LogP contribution in [0.5, 0.6) is 0 Å². The van der Waals surface area contributed by atoms with E-state index in [1.807, 2.05) is 0 Å². The minimum atomic E-state index is -1.22. The molecule has 0 aromatic carbocycles. The summed E-state index contributed by atoms with van der Waals surface area (Å²) < 4.78 is 0. The molecule has 0 spiro atoms. The fourth-order valence-corrected chi connectivity index (χ4v) is 1.38. The molecule has 0 bridgehead atoms. The molecule has 1 aromatic heterocycles. The van der Waals surface area contributed by atoms with Gasteiger partial charge < -0.3 is 25.5 Å². The third-order valence-corrected chi connectivity index (χ3v) is 2.52.